The van der Waals surface area contributed by atoms with Crippen molar-refractivity contribution in [1.82, 2.24) is 5.32 Å². The van der Waals surface area contributed by atoms with E-state index in [1.54, 1.807) is 0 Å². The molecule has 1 aliphatic carbocycles. The Hall–Kier alpha value is -0.860. The van der Waals surface area contributed by atoms with Crippen LogP contribution in [0.15, 0.2) is 18.2 Å². The van der Waals surface area contributed by atoms with Gasteiger partial charge in [0.1, 0.15) is 0 Å². The smallest absolute Gasteiger partial charge is 0.0872 e. The van der Waals surface area contributed by atoms with E-state index >= 15 is 0 Å². The standard InChI is InChI=1S/C18H29NO/c1-13-8-10-18(20-5,11-9-13)17(19-4)16-12-14(2)6-7-15(16)3/h6-7,12-13,17,19H,8-11H2,1-5H3. The zero-order valence-corrected chi connectivity index (χ0v) is 13.6. The SMILES string of the molecule is CNC(c1cc(C)ccc1C)C1(OC)CCC(C)CC1. The number of ether oxygens (including phenoxy) is 1. The van der Waals surface area contributed by atoms with Gasteiger partial charge >= 0.3 is 0 Å². The number of benzene rings is 1. The van der Waals surface area contributed by atoms with Crippen molar-refractivity contribution in [3.05, 3.63) is 34.9 Å². The van der Waals surface area contributed by atoms with Crippen molar-refractivity contribution < 1.29 is 4.74 Å². The van der Waals surface area contributed by atoms with Crippen molar-refractivity contribution in [1.29, 1.82) is 0 Å². The minimum Gasteiger partial charge on any atom is -0.376 e. The van der Waals surface area contributed by atoms with Gasteiger partial charge < -0.3 is 10.1 Å². The zero-order valence-electron chi connectivity index (χ0n) is 13.6. The largest absolute Gasteiger partial charge is 0.376 e. The van der Waals surface area contributed by atoms with E-state index in [2.05, 4.69) is 51.3 Å². The highest BCUT2D eigenvalue weighted by molar-refractivity contribution is 5.35. The molecule has 2 heteroatoms. The molecule has 1 aromatic rings. The fourth-order valence-electron chi connectivity index (χ4n) is 3.63. The molecule has 0 radical (unpaired) electrons. The lowest BCUT2D eigenvalue weighted by Crippen LogP contribution is -2.47. The Morgan fingerprint density at radius 2 is 1.90 bits per heavy atom. The van der Waals surface area contributed by atoms with E-state index in [1.807, 2.05) is 7.11 Å². The van der Waals surface area contributed by atoms with Crippen LogP contribution < -0.4 is 5.32 Å². The molecule has 0 spiro atoms. The average molecular weight is 275 g/mol. The molecule has 0 heterocycles. The fraction of sp³-hybridized carbons (Fsp3) is 0.667. The zero-order chi connectivity index (χ0) is 14.8. The molecule has 0 amide bonds. The predicted octanol–water partition coefficient (Wildman–Crippen LogP) is 4.16. The van der Waals surface area contributed by atoms with Gasteiger partial charge in [-0.2, -0.15) is 0 Å². The second kappa shape index (κ2) is 6.28. The summed E-state index contributed by atoms with van der Waals surface area (Å²) in [6.07, 6.45) is 4.81. The first kappa shape index (κ1) is 15.5. The summed E-state index contributed by atoms with van der Waals surface area (Å²) in [5, 5.41) is 3.54. The van der Waals surface area contributed by atoms with Crippen LogP contribution in [0, 0.1) is 19.8 Å². The number of rotatable bonds is 4. The summed E-state index contributed by atoms with van der Waals surface area (Å²) in [5.41, 5.74) is 4.01. The second-order valence-electron chi connectivity index (χ2n) is 6.53. The van der Waals surface area contributed by atoms with Gasteiger partial charge in [0.15, 0.2) is 0 Å². The first-order valence-corrected chi connectivity index (χ1v) is 7.82. The van der Waals surface area contributed by atoms with Crippen LogP contribution in [0.25, 0.3) is 0 Å². The Morgan fingerprint density at radius 1 is 1.25 bits per heavy atom. The van der Waals surface area contributed by atoms with Crippen molar-refractivity contribution in [2.24, 2.45) is 5.92 Å². The van der Waals surface area contributed by atoms with E-state index in [4.69, 9.17) is 4.74 Å². The number of aryl methyl sites for hydroxylation is 2. The van der Waals surface area contributed by atoms with Crippen LogP contribution in [0.5, 0.6) is 0 Å². The van der Waals surface area contributed by atoms with Gasteiger partial charge in [-0.15, -0.1) is 0 Å². The molecule has 0 bridgehead atoms. The maximum absolute atomic E-state index is 6.07. The van der Waals surface area contributed by atoms with E-state index in [9.17, 15) is 0 Å². The Labute approximate surface area is 123 Å². The van der Waals surface area contributed by atoms with E-state index in [1.165, 1.54) is 29.5 Å². The van der Waals surface area contributed by atoms with E-state index in [-0.39, 0.29) is 11.6 Å². The molecule has 1 aromatic carbocycles. The molecule has 2 rings (SSSR count). The molecule has 1 N–H and O–H groups in total. The van der Waals surface area contributed by atoms with Crippen molar-refractivity contribution in [2.75, 3.05) is 14.2 Å². The van der Waals surface area contributed by atoms with Gasteiger partial charge in [0.25, 0.3) is 0 Å². The van der Waals surface area contributed by atoms with Crippen LogP contribution in [0.4, 0.5) is 0 Å². The lowest BCUT2D eigenvalue weighted by molar-refractivity contribution is -0.0746. The fourth-order valence-corrected chi connectivity index (χ4v) is 3.63. The summed E-state index contributed by atoms with van der Waals surface area (Å²) in [6, 6.07) is 7.01. The van der Waals surface area contributed by atoms with E-state index in [0.29, 0.717) is 0 Å². The summed E-state index contributed by atoms with van der Waals surface area (Å²) < 4.78 is 6.07. The Bertz CT molecular complexity index is 447. The monoisotopic (exact) mass is 275 g/mol. The molecule has 20 heavy (non-hydrogen) atoms. The lowest BCUT2D eigenvalue weighted by atomic mass is 9.72. The summed E-state index contributed by atoms with van der Waals surface area (Å²) in [7, 11) is 3.94. The summed E-state index contributed by atoms with van der Waals surface area (Å²) in [5.74, 6) is 0.828. The Balaban J connectivity index is 2.36. The molecule has 0 saturated heterocycles. The van der Waals surface area contributed by atoms with Gasteiger partial charge in [0.05, 0.1) is 11.6 Å². The van der Waals surface area contributed by atoms with Crippen molar-refractivity contribution in [2.45, 2.75) is 58.1 Å². The Kier molecular flexibility index (Phi) is 4.87. The highest BCUT2D eigenvalue weighted by atomic mass is 16.5. The molecule has 1 aliphatic rings. The van der Waals surface area contributed by atoms with Gasteiger partial charge in [-0.1, -0.05) is 30.7 Å². The number of likely N-dealkylation sites (N-methyl/N-ethyl adjacent to an activating group) is 1. The molecular formula is C18H29NO. The van der Waals surface area contributed by atoms with Crippen LogP contribution in [-0.4, -0.2) is 19.8 Å². The number of hydrogen-bond acceptors (Lipinski definition) is 2. The Morgan fingerprint density at radius 3 is 2.45 bits per heavy atom. The van der Waals surface area contributed by atoms with Gasteiger partial charge in [0.2, 0.25) is 0 Å². The third-order valence-corrected chi connectivity index (χ3v) is 5.09. The molecule has 0 aliphatic heterocycles. The molecule has 112 valence electrons. The van der Waals surface area contributed by atoms with Crippen molar-refractivity contribution in [3.63, 3.8) is 0 Å². The number of nitrogens with one attached hydrogen (secondary N) is 1. The molecular weight excluding hydrogens is 246 g/mol. The number of hydrogen-bond donors (Lipinski definition) is 1. The van der Waals surface area contributed by atoms with E-state index in [0.717, 1.165) is 18.8 Å². The molecule has 2 nitrogen and oxygen atoms in total. The minimum absolute atomic E-state index is 0.0557. The van der Waals surface area contributed by atoms with E-state index < -0.39 is 0 Å². The third-order valence-electron chi connectivity index (χ3n) is 5.09. The molecule has 1 unspecified atom stereocenters. The third kappa shape index (κ3) is 2.91. The van der Waals surface area contributed by atoms with Gasteiger partial charge in [-0.25, -0.2) is 0 Å². The summed E-state index contributed by atoms with van der Waals surface area (Å²) in [4.78, 5) is 0. The van der Waals surface area contributed by atoms with Gasteiger partial charge in [-0.3, -0.25) is 0 Å². The quantitative estimate of drug-likeness (QED) is 0.891. The van der Waals surface area contributed by atoms with Gasteiger partial charge in [0, 0.05) is 7.11 Å². The maximum Gasteiger partial charge on any atom is 0.0872 e. The summed E-state index contributed by atoms with van der Waals surface area (Å²) >= 11 is 0. The molecule has 0 aromatic heterocycles. The van der Waals surface area contributed by atoms with Crippen molar-refractivity contribution in [3.8, 4) is 0 Å². The predicted molar refractivity (Wildman–Crippen MR) is 85.1 cm³/mol. The molecule has 1 atom stereocenters. The van der Waals surface area contributed by atoms with Crippen LogP contribution in [0.3, 0.4) is 0 Å². The van der Waals surface area contributed by atoms with Gasteiger partial charge in [-0.05, 0) is 63.6 Å². The minimum atomic E-state index is -0.0557. The first-order chi connectivity index (χ1) is 9.52. The molecule has 1 fully saturated rings. The summed E-state index contributed by atoms with van der Waals surface area (Å²) in [6.45, 7) is 6.72. The van der Waals surface area contributed by atoms with Crippen molar-refractivity contribution >= 4 is 0 Å². The topological polar surface area (TPSA) is 21.3 Å². The van der Waals surface area contributed by atoms with Crippen LogP contribution in [-0.2, 0) is 4.74 Å². The highest BCUT2D eigenvalue weighted by Crippen LogP contribution is 2.43. The number of methoxy groups -OCH3 is 1. The van der Waals surface area contributed by atoms with Crippen LogP contribution in [0.2, 0.25) is 0 Å². The lowest BCUT2D eigenvalue weighted by Gasteiger charge is -2.44. The average Bonchev–Trinajstić information content (AvgIpc) is 2.45. The first-order valence-electron chi connectivity index (χ1n) is 7.82. The second-order valence-corrected chi connectivity index (χ2v) is 6.53. The normalized spacial score (nSPS) is 28.4. The van der Waals surface area contributed by atoms with Crippen LogP contribution >= 0.6 is 0 Å². The highest BCUT2D eigenvalue weighted by Gasteiger charge is 2.42. The van der Waals surface area contributed by atoms with Crippen LogP contribution in [0.1, 0.15) is 55.3 Å². The maximum atomic E-state index is 6.07. The molecule has 1 saturated carbocycles.